The Morgan fingerprint density at radius 2 is 1.90 bits per heavy atom. The number of halogens is 3. The number of Topliss-reactive ketones (excluding diaryl/α,β-unsaturated/α-hetero) is 1. The lowest BCUT2D eigenvalue weighted by Crippen LogP contribution is -2.21. The average molecular weight is 301 g/mol. The molecule has 0 aliphatic carbocycles. The highest BCUT2D eigenvalue weighted by Gasteiger charge is 2.40. The van der Waals surface area contributed by atoms with Crippen molar-refractivity contribution in [2.24, 2.45) is 0 Å². The number of hydrogen-bond acceptors (Lipinski definition) is 4. The fourth-order valence-corrected chi connectivity index (χ4v) is 2.39. The minimum atomic E-state index is -4.93. The maximum Gasteiger partial charge on any atom is 0.455 e. The summed E-state index contributed by atoms with van der Waals surface area (Å²) in [6.07, 6.45) is -2.48. The normalized spacial score (nSPS) is 11.3. The molecule has 0 fully saturated rings. The predicted molar refractivity (Wildman–Crippen MR) is 64.9 cm³/mol. The maximum atomic E-state index is 12.3. The number of aromatic nitrogens is 1. The van der Waals surface area contributed by atoms with Gasteiger partial charge in [-0.05, 0) is 18.2 Å². The van der Waals surface area contributed by atoms with E-state index in [2.05, 4.69) is 4.98 Å². The first-order chi connectivity index (χ1) is 9.29. The van der Waals surface area contributed by atoms with Crippen LogP contribution in [0.4, 0.5) is 13.2 Å². The Balaban J connectivity index is 2.36. The number of hydrogen-bond donors (Lipinski definition) is 1. The number of carbonyl (C=O) groups excluding carboxylic acids is 1. The second-order valence-electron chi connectivity index (χ2n) is 3.76. The SMILES string of the molecule is O=C(O)c1cncc(-c2ccc(C(=O)C(F)(F)F)s2)c1. The molecule has 4 nitrogen and oxygen atoms in total. The molecule has 0 radical (unpaired) electrons. The molecular weight excluding hydrogens is 295 g/mol. The summed E-state index contributed by atoms with van der Waals surface area (Å²) in [5.41, 5.74) is 0.260. The fraction of sp³-hybridized carbons (Fsp3) is 0.0833. The van der Waals surface area contributed by atoms with E-state index in [1.165, 1.54) is 18.3 Å². The standard InChI is InChI=1S/C12H6F3NO3S/c13-12(14,15)10(17)9-2-1-8(20-9)6-3-7(11(18)19)5-16-4-6/h1-5H,(H,18,19). The van der Waals surface area contributed by atoms with Crippen LogP contribution in [0.3, 0.4) is 0 Å². The van der Waals surface area contributed by atoms with Gasteiger partial charge in [0.15, 0.2) is 0 Å². The number of aromatic carboxylic acids is 1. The summed E-state index contributed by atoms with van der Waals surface area (Å²) in [5, 5.41) is 8.82. The highest BCUT2D eigenvalue weighted by molar-refractivity contribution is 7.17. The molecule has 104 valence electrons. The zero-order valence-electron chi connectivity index (χ0n) is 9.64. The second-order valence-corrected chi connectivity index (χ2v) is 4.84. The van der Waals surface area contributed by atoms with Crippen LogP contribution in [0.15, 0.2) is 30.6 Å². The van der Waals surface area contributed by atoms with Crippen LogP contribution in [-0.2, 0) is 0 Å². The summed E-state index contributed by atoms with van der Waals surface area (Å²) in [6.45, 7) is 0. The van der Waals surface area contributed by atoms with Gasteiger partial charge in [-0.2, -0.15) is 13.2 Å². The Morgan fingerprint density at radius 3 is 2.50 bits per heavy atom. The molecule has 1 N–H and O–H groups in total. The van der Waals surface area contributed by atoms with Crippen molar-refractivity contribution >= 4 is 23.1 Å². The molecule has 0 saturated heterocycles. The summed E-state index contributed by atoms with van der Waals surface area (Å²) < 4.78 is 36.9. The number of carboxylic acids is 1. The highest BCUT2D eigenvalue weighted by Crippen LogP contribution is 2.32. The third kappa shape index (κ3) is 2.85. The van der Waals surface area contributed by atoms with Crippen LogP contribution in [0, 0.1) is 0 Å². The Kier molecular flexibility index (Phi) is 3.58. The van der Waals surface area contributed by atoms with Gasteiger partial charge in [0.2, 0.25) is 0 Å². The minimum absolute atomic E-state index is 0.0837. The van der Waals surface area contributed by atoms with Crippen LogP contribution in [-0.4, -0.2) is 28.0 Å². The van der Waals surface area contributed by atoms with E-state index in [-0.39, 0.29) is 5.56 Å². The average Bonchev–Trinajstić information content (AvgIpc) is 2.86. The first kappa shape index (κ1) is 14.2. The lowest BCUT2D eigenvalue weighted by Gasteiger charge is -2.01. The highest BCUT2D eigenvalue weighted by atomic mass is 32.1. The Hall–Kier alpha value is -2.22. The van der Waals surface area contributed by atoms with Crippen LogP contribution >= 0.6 is 11.3 Å². The van der Waals surface area contributed by atoms with Crippen molar-refractivity contribution in [1.82, 2.24) is 4.98 Å². The largest absolute Gasteiger partial charge is 0.478 e. The first-order valence-corrected chi connectivity index (χ1v) is 6.01. The van der Waals surface area contributed by atoms with E-state index in [1.54, 1.807) is 0 Å². The molecule has 8 heteroatoms. The molecular formula is C12H6F3NO3S. The number of carboxylic acid groups (broad SMARTS) is 1. The van der Waals surface area contributed by atoms with Crippen molar-refractivity contribution < 1.29 is 27.9 Å². The van der Waals surface area contributed by atoms with Gasteiger partial charge in [-0.15, -0.1) is 11.3 Å². The molecule has 20 heavy (non-hydrogen) atoms. The number of rotatable bonds is 3. The number of pyridine rings is 1. The van der Waals surface area contributed by atoms with Crippen LogP contribution < -0.4 is 0 Å². The molecule has 0 unspecified atom stereocenters. The van der Waals surface area contributed by atoms with E-state index in [0.717, 1.165) is 12.3 Å². The third-order valence-corrected chi connectivity index (χ3v) is 3.49. The van der Waals surface area contributed by atoms with Gasteiger partial charge in [-0.1, -0.05) is 0 Å². The molecule has 2 rings (SSSR count). The topological polar surface area (TPSA) is 67.3 Å². The van der Waals surface area contributed by atoms with Crippen molar-refractivity contribution in [2.45, 2.75) is 6.18 Å². The minimum Gasteiger partial charge on any atom is -0.478 e. The van der Waals surface area contributed by atoms with Crippen LogP contribution in [0.5, 0.6) is 0 Å². The van der Waals surface area contributed by atoms with Gasteiger partial charge in [0.25, 0.3) is 5.78 Å². The first-order valence-electron chi connectivity index (χ1n) is 5.19. The van der Waals surface area contributed by atoms with Gasteiger partial charge < -0.3 is 5.11 Å². The van der Waals surface area contributed by atoms with Gasteiger partial charge in [0, 0.05) is 22.8 Å². The molecule has 0 aromatic carbocycles. The molecule has 2 aromatic heterocycles. The van der Waals surface area contributed by atoms with Crippen molar-refractivity contribution in [3.05, 3.63) is 41.0 Å². The van der Waals surface area contributed by atoms with Gasteiger partial charge in [-0.3, -0.25) is 9.78 Å². The monoisotopic (exact) mass is 301 g/mol. The van der Waals surface area contributed by atoms with Crippen LogP contribution in [0.2, 0.25) is 0 Å². The smallest absolute Gasteiger partial charge is 0.455 e. The van der Waals surface area contributed by atoms with Crippen molar-refractivity contribution in [3.8, 4) is 10.4 Å². The van der Waals surface area contributed by atoms with E-state index in [1.807, 2.05) is 0 Å². The Labute approximate surface area is 114 Å². The number of ketones is 1. The zero-order valence-corrected chi connectivity index (χ0v) is 10.5. The Morgan fingerprint density at radius 1 is 1.20 bits per heavy atom. The quantitative estimate of drug-likeness (QED) is 0.884. The summed E-state index contributed by atoms with van der Waals surface area (Å²) in [6, 6.07) is 3.67. The zero-order chi connectivity index (χ0) is 14.9. The van der Waals surface area contributed by atoms with Crippen molar-refractivity contribution in [2.75, 3.05) is 0 Å². The van der Waals surface area contributed by atoms with E-state index < -0.39 is 22.8 Å². The molecule has 0 amide bonds. The maximum absolute atomic E-state index is 12.3. The van der Waals surface area contributed by atoms with Crippen LogP contribution in [0.1, 0.15) is 20.0 Å². The summed E-state index contributed by atoms with van der Waals surface area (Å²) in [7, 11) is 0. The third-order valence-electron chi connectivity index (χ3n) is 2.36. The fourth-order valence-electron chi connectivity index (χ4n) is 1.45. The predicted octanol–water partition coefficient (Wildman–Crippen LogP) is 3.25. The molecule has 0 aliphatic heterocycles. The lowest BCUT2D eigenvalue weighted by molar-refractivity contribution is -0.0882. The van der Waals surface area contributed by atoms with E-state index in [0.29, 0.717) is 21.8 Å². The lowest BCUT2D eigenvalue weighted by atomic mass is 10.2. The van der Waals surface area contributed by atoms with Gasteiger partial charge >= 0.3 is 12.1 Å². The number of thiophene rings is 1. The molecule has 0 atom stereocenters. The van der Waals surface area contributed by atoms with E-state index >= 15 is 0 Å². The van der Waals surface area contributed by atoms with Crippen molar-refractivity contribution in [3.63, 3.8) is 0 Å². The molecule has 0 bridgehead atoms. The van der Waals surface area contributed by atoms with Gasteiger partial charge in [0.1, 0.15) is 0 Å². The summed E-state index contributed by atoms with van der Waals surface area (Å²) >= 11 is 0.639. The number of carbonyl (C=O) groups is 2. The molecule has 0 saturated carbocycles. The number of alkyl halides is 3. The van der Waals surface area contributed by atoms with E-state index in [9.17, 15) is 22.8 Å². The Bertz CT molecular complexity index is 679. The van der Waals surface area contributed by atoms with Crippen LogP contribution in [0.25, 0.3) is 10.4 Å². The van der Waals surface area contributed by atoms with Gasteiger partial charge in [-0.25, -0.2) is 4.79 Å². The second kappa shape index (κ2) is 5.04. The molecule has 0 aliphatic rings. The molecule has 2 aromatic rings. The van der Waals surface area contributed by atoms with Gasteiger partial charge in [0.05, 0.1) is 10.4 Å². The molecule has 0 spiro atoms. The summed E-state index contributed by atoms with van der Waals surface area (Å²) in [5.74, 6) is -3.11. The van der Waals surface area contributed by atoms with Crippen molar-refractivity contribution in [1.29, 1.82) is 0 Å². The number of nitrogens with zero attached hydrogens (tertiary/aromatic N) is 1. The van der Waals surface area contributed by atoms with E-state index in [4.69, 9.17) is 5.11 Å². The summed E-state index contributed by atoms with van der Waals surface area (Å²) in [4.78, 5) is 25.4. The molecule has 2 heterocycles.